The van der Waals surface area contributed by atoms with E-state index in [1.807, 2.05) is 0 Å². The molecule has 2 heteroatoms. The number of fused-ring (bicyclic) bond motifs is 2. The van der Waals surface area contributed by atoms with Crippen molar-refractivity contribution in [2.24, 2.45) is 17.8 Å². The Morgan fingerprint density at radius 1 is 1.36 bits per heavy atom. The van der Waals surface area contributed by atoms with Crippen LogP contribution in [0, 0.1) is 29.1 Å². The standard InChI is InChI=1S/C12H11NS/c13-7-10-8-3-4-9(6-8)12(10)11-2-1-5-14-11/h1-5,8-10,12H,6H2/t8-,9+,10+,12-/m0/s1. The molecule has 0 N–H and O–H groups in total. The normalized spacial score (nSPS) is 38.8. The van der Waals surface area contributed by atoms with Crippen LogP contribution >= 0.6 is 11.3 Å². The van der Waals surface area contributed by atoms with Gasteiger partial charge in [-0.15, -0.1) is 11.3 Å². The van der Waals surface area contributed by atoms with Gasteiger partial charge in [-0.05, 0) is 29.7 Å². The maximum atomic E-state index is 9.18. The van der Waals surface area contributed by atoms with Gasteiger partial charge in [0.1, 0.15) is 0 Å². The smallest absolute Gasteiger partial charge is 0.0668 e. The van der Waals surface area contributed by atoms with Gasteiger partial charge in [0.25, 0.3) is 0 Å². The molecule has 14 heavy (non-hydrogen) atoms. The highest BCUT2D eigenvalue weighted by atomic mass is 32.1. The molecule has 2 aliphatic carbocycles. The highest BCUT2D eigenvalue weighted by molar-refractivity contribution is 7.10. The first-order chi connectivity index (χ1) is 6.90. The quantitative estimate of drug-likeness (QED) is 0.640. The molecule has 0 aromatic carbocycles. The van der Waals surface area contributed by atoms with Crippen molar-refractivity contribution in [2.45, 2.75) is 12.3 Å². The van der Waals surface area contributed by atoms with Crippen LogP contribution < -0.4 is 0 Å². The summed E-state index contributed by atoms with van der Waals surface area (Å²) in [6.45, 7) is 0. The molecule has 0 saturated heterocycles. The molecular formula is C12H11NS. The maximum Gasteiger partial charge on any atom is 0.0668 e. The van der Waals surface area contributed by atoms with Crippen LogP contribution in [0.25, 0.3) is 0 Å². The second-order valence-corrected chi connectivity index (χ2v) is 5.12. The van der Waals surface area contributed by atoms with Gasteiger partial charge in [0, 0.05) is 10.8 Å². The fraction of sp³-hybridized carbons (Fsp3) is 0.417. The second-order valence-electron chi connectivity index (χ2n) is 4.14. The maximum absolute atomic E-state index is 9.18. The summed E-state index contributed by atoms with van der Waals surface area (Å²) in [6.07, 6.45) is 5.74. The fourth-order valence-electron chi connectivity index (χ4n) is 2.87. The van der Waals surface area contributed by atoms with E-state index in [1.54, 1.807) is 11.3 Å². The third-order valence-corrected chi connectivity index (χ3v) is 4.45. The zero-order chi connectivity index (χ0) is 9.54. The summed E-state index contributed by atoms with van der Waals surface area (Å²) in [4.78, 5) is 1.40. The van der Waals surface area contributed by atoms with E-state index in [2.05, 4.69) is 35.7 Å². The SMILES string of the molecule is N#C[C@H]1[C@@H](c2cccs2)[C@@H]2C=C[C@H]1C2. The Balaban J connectivity index is 2.01. The average molecular weight is 201 g/mol. The van der Waals surface area contributed by atoms with Crippen molar-refractivity contribution in [3.05, 3.63) is 34.5 Å². The third kappa shape index (κ3) is 0.994. The van der Waals surface area contributed by atoms with Crippen LogP contribution in [0.2, 0.25) is 0 Å². The zero-order valence-electron chi connectivity index (χ0n) is 7.76. The zero-order valence-corrected chi connectivity index (χ0v) is 8.58. The Morgan fingerprint density at radius 3 is 2.93 bits per heavy atom. The Bertz CT molecular complexity index is 398. The molecule has 4 atom stereocenters. The Morgan fingerprint density at radius 2 is 2.21 bits per heavy atom. The van der Waals surface area contributed by atoms with E-state index in [0.29, 0.717) is 17.8 Å². The predicted molar refractivity (Wildman–Crippen MR) is 56.9 cm³/mol. The molecule has 0 amide bonds. The topological polar surface area (TPSA) is 23.8 Å². The van der Waals surface area contributed by atoms with Crippen LogP contribution in [-0.4, -0.2) is 0 Å². The molecule has 1 nitrogen and oxygen atoms in total. The lowest BCUT2D eigenvalue weighted by Gasteiger charge is -2.21. The number of allylic oxidation sites excluding steroid dienone is 2. The van der Waals surface area contributed by atoms with Crippen molar-refractivity contribution in [1.29, 1.82) is 5.26 Å². The van der Waals surface area contributed by atoms with E-state index in [1.165, 1.54) is 11.3 Å². The van der Waals surface area contributed by atoms with E-state index < -0.39 is 0 Å². The average Bonchev–Trinajstić information content (AvgIpc) is 2.92. The molecule has 2 aliphatic rings. The minimum Gasteiger partial charge on any atom is -0.198 e. The molecule has 1 fully saturated rings. The van der Waals surface area contributed by atoms with Gasteiger partial charge in [-0.1, -0.05) is 18.2 Å². The number of nitrogens with zero attached hydrogens (tertiary/aromatic N) is 1. The molecule has 1 aromatic heterocycles. The lowest BCUT2D eigenvalue weighted by atomic mass is 9.83. The summed E-state index contributed by atoms with van der Waals surface area (Å²) in [5, 5.41) is 11.3. The first-order valence-corrected chi connectivity index (χ1v) is 5.89. The molecule has 2 bridgehead atoms. The number of rotatable bonds is 1. The van der Waals surface area contributed by atoms with Crippen LogP contribution in [0.15, 0.2) is 29.7 Å². The van der Waals surface area contributed by atoms with E-state index in [-0.39, 0.29) is 5.92 Å². The molecule has 0 aliphatic heterocycles. The monoisotopic (exact) mass is 201 g/mol. The van der Waals surface area contributed by atoms with Crippen LogP contribution in [-0.2, 0) is 0 Å². The molecule has 1 heterocycles. The van der Waals surface area contributed by atoms with Gasteiger partial charge >= 0.3 is 0 Å². The van der Waals surface area contributed by atoms with Crippen LogP contribution in [0.3, 0.4) is 0 Å². The molecule has 0 unspecified atom stereocenters. The summed E-state index contributed by atoms with van der Waals surface area (Å²) in [5.74, 6) is 1.86. The van der Waals surface area contributed by atoms with Crippen LogP contribution in [0.1, 0.15) is 17.2 Å². The van der Waals surface area contributed by atoms with Crippen molar-refractivity contribution in [3.63, 3.8) is 0 Å². The molecule has 1 aromatic rings. The van der Waals surface area contributed by atoms with Crippen molar-refractivity contribution in [3.8, 4) is 6.07 Å². The van der Waals surface area contributed by atoms with E-state index in [9.17, 15) is 5.26 Å². The number of thiophene rings is 1. The molecule has 1 saturated carbocycles. The van der Waals surface area contributed by atoms with Gasteiger partial charge in [-0.3, -0.25) is 0 Å². The lowest BCUT2D eigenvalue weighted by Crippen LogP contribution is -2.14. The van der Waals surface area contributed by atoms with E-state index in [0.717, 1.165) is 0 Å². The number of nitriles is 1. The molecule has 0 radical (unpaired) electrons. The van der Waals surface area contributed by atoms with Crippen molar-refractivity contribution in [2.75, 3.05) is 0 Å². The minimum atomic E-state index is 0.226. The molecule has 0 spiro atoms. The summed E-state index contributed by atoms with van der Waals surface area (Å²) < 4.78 is 0. The highest BCUT2D eigenvalue weighted by Gasteiger charge is 2.45. The highest BCUT2D eigenvalue weighted by Crippen LogP contribution is 2.53. The molecular weight excluding hydrogens is 190 g/mol. The van der Waals surface area contributed by atoms with Gasteiger partial charge in [0.15, 0.2) is 0 Å². The molecule has 3 rings (SSSR count). The van der Waals surface area contributed by atoms with Gasteiger partial charge in [0.05, 0.1) is 12.0 Å². The van der Waals surface area contributed by atoms with Crippen molar-refractivity contribution >= 4 is 11.3 Å². The third-order valence-electron chi connectivity index (χ3n) is 3.48. The number of hydrogen-bond acceptors (Lipinski definition) is 2. The van der Waals surface area contributed by atoms with Crippen molar-refractivity contribution < 1.29 is 0 Å². The lowest BCUT2D eigenvalue weighted by molar-refractivity contribution is 0.495. The summed E-state index contributed by atoms with van der Waals surface area (Å²) in [5.41, 5.74) is 0. The van der Waals surface area contributed by atoms with Gasteiger partial charge in [-0.2, -0.15) is 5.26 Å². The summed E-state index contributed by atoms with van der Waals surface area (Å²) in [7, 11) is 0. The molecule has 70 valence electrons. The minimum absolute atomic E-state index is 0.226. The first-order valence-electron chi connectivity index (χ1n) is 5.01. The largest absolute Gasteiger partial charge is 0.198 e. The Labute approximate surface area is 87.7 Å². The van der Waals surface area contributed by atoms with Gasteiger partial charge < -0.3 is 0 Å². The first kappa shape index (κ1) is 8.26. The summed E-state index contributed by atoms with van der Waals surface area (Å²) >= 11 is 1.79. The fourth-order valence-corrected chi connectivity index (χ4v) is 3.82. The van der Waals surface area contributed by atoms with Crippen LogP contribution in [0.5, 0.6) is 0 Å². The van der Waals surface area contributed by atoms with E-state index in [4.69, 9.17) is 0 Å². The summed E-state index contributed by atoms with van der Waals surface area (Å²) in [6, 6.07) is 6.75. The van der Waals surface area contributed by atoms with Crippen LogP contribution in [0.4, 0.5) is 0 Å². The Kier molecular flexibility index (Phi) is 1.75. The van der Waals surface area contributed by atoms with E-state index >= 15 is 0 Å². The Hall–Kier alpha value is -1.07. The van der Waals surface area contributed by atoms with Gasteiger partial charge in [0.2, 0.25) is 0 Å². The predicted octanol–water partition coefficient (Wildman–Crippen LogP) is 3.18. The van der Waals surface area contributed by atoms with Gasteiger partial charge in [-0.25, -0.2) is 0 Å². The number of hydrogen-bond donors (Lipinski definition) is 0. The van der Waals surface area contributed by atoms with Crippen molar-refractivity contribution in [1.82, 2.24) is 0 Å². The second kappa shape index (κ2) is 2.96.